The number of benzene rings is 1. The van der Waals surface area contributed by atoms with E-state index in [4.69, 9.17) is 11.6 Å². The third-order valence-electron chi connectivity index (χ3n) is 3.02. The summed E-state index contributed by atoms with van der Waals surface area (Å²) in [5.74, 6) is 0. The summed E-state index contributed by atoms with van der Waals surface area (Å²) in [6.07, 6.45) is 0. The smallest absolute Gasteiger partial charge is 0.185 e. The van der Waals surface area contributed by atoms with Gasteiger partial charge in [0, 0.05) is 30.0 Å². The predicted molar refractivity (Wildman–Crippen MR) is 83.1 cm³/mol. The van der Waals surface area contributed by atoms with Crippen LogP contribution in [0.1, 0.15) is 24.2 Å². The van der Waals surface area contributed by atoms with Crippen LogP contribution in [0.5, 0.6) is 0 Å². The first-order valence-electron chi connectivity index (χ1n) is 6.18. The first-order chi connectivity index (χ1) is 9.10. The van der Waals surface area contributed by atoms with E-state index < -0.39 is 0 Å². The molecule has 2 rings (SSSR count). The van der Waals surface area contributed by atoms with Crippen LogP contribution >= 0.6 is 22.9 Å². The van der Waals surface area contributed by atoms with Gasteiger partial charge < -0.3 is 10.2 Å². The van der Waals surface area contributed by atoms with E-state index in [0.717, 1.165) is 22.4 Å². The van der Waals surface area contributed by atoms with Gasteiger partial charge in [0.05, 0.1) is 5.69 Å². The molecule has 1 unspecified atom stereocenters. The van der Waals surface area contributed by atoms with Gasteiger partial charge in [0.1, 0.15) is 0 Å². The van der Waals surface area contributed by atoms with Crippen LogP contribution < -0.4 is 10.2 Å². The monoisotopic (exact) mass is 295 g/mol. The molecule has 1 atom stereocenters. The molecule has 102 valence electrons. The number of rotatable bonds is 5. The fraction of sp³-hybridized carbons (Fsp3) is 0.357. The van der Waals surface area contributed by atoms with Crippen LogP contribution in [0.15, 0.2) is 29.6 Å². The van der Waals surface area contributed by atoms with Crippen LogP contribution in [0, 0.1) is 0 Å². The normalized spacial score (nSPS) is 12.4. The molecular formula is C14H18ClN3S. The van der Waals surface area contributed by atoms with E-state index in [9.17, 15) is 0 Å². The number of hydrogen-bond donors (Lipinski definition) is 1. The number of halogens is 1. The number of nitrogens with zero attached hydrogens (tertiary/aromatic N) is 2. The lowest BCUT2D eigenvalue weighted by Gasteiger charge is -2.16. The fourth-order valence-electron chi connectivity index (χ4n) is 1.78. The standard InChI is InChI=1S/C14H18ClN3S/c1-10(16-2)13-9-19-14(17-13)18(3)8-11-5-4-6-12(15)7-11/h4-7,9-10,16H,8H2,1-3H3. The molecule has 2 aromatic rings. The lowest BCUT2D eigenvalue weighted by atomic mass is 10.2. The second-order valence-electron chi connectivity index (χ2n) is 4.55. The van der Waals surface area contributed by atoms with Crippen LogP contribution in [-0.4, -0.2) is 19.1 Å². The Labute approximate surface area is 123 Å². The van der Waals surface area contributed by atoms with Crippen molar-refractivity contribution in [1.82, 2.24) is 10.3 Å². The number of hydrogen-bond acceptors (Lipinski definition) is 4. The number of nitrogens with one attached hydrogen (secondary N) is 1. The quantitative estimate of drug-likeness (QED) is 0.911. The zero-order chi connectivity index (χ0) is 13.8. The molecule has 1 aromatic heterocycles. The van der Waals surface area contributed by atoms with E-state index in [2.05, 4.69) is 33.6 Å². The SMILES string of the molecule is CNC(C)c1csc(N(C)Cc2cccc(Cl)c2)n1. The molecule has 0 bridgehead atoms. The Morgan fingerprint density at radius 3 is 2.95 bits per heavy atom. The van der Waals surface area contributed by atoms with Crippen molar-refractivity contribution >= 4 is 28.1 Å². The van der Waals surface area contributed by atoms with Crippen LogP contribution in [-0.2, 0) is 6.54 Å². The highest BCUT2D eigenvalue weighted by Crippen LogP contribution is 2.24. The molecule has 1 aromatic carbocycles. The van der Waals surface area contributed by atoms with Crippen LogP contribution in [0.3, 0.4) is 0 Å². The first-order valence-corrected chi connectivity index (χ1v) is 7.44. The summed E-state index contributed by atoms with van der Waals surface area (Å²) >= 11 is 7.67. The van der Waals surface area contributed by atoms with Crippen molar-refractivity contribution in [1.29, 1.82) is 0 Å². The third kappa shape index (κ3) is 3.69. The maximum atomic E-state index is 6.00. The van der Waals surface area contributed by atoms with Crippen LogP contribution in [0.2, 0.25) is 5.02 Å². The average molecular weight is 296 g/mol. The van der Waals surface area contributed by atoms with Crippen molar-refractivity contribution in [2.75, 3.05) is 19.0 Å². The van der Waals surface area contributed by atoms with Gasteiger partial charge in [-0.25, -0.2) is 4.98 Å². The lowest BCUT2D eigenvalue weighted by molar-refractivity contribution is 0.636. The fourth-order valence-corrected chi connectivity index (χ4v) is 2.87. The van der Waals surface area contributed by atoms with Crippen LogP contribution in [0.25, 0.3) is 0 Å². The van der Waals surface area contributed by atoms with E-state index in [-0.39, 0.29) is 6.04 Å². The first kappa shape index (κ1) is 14.3. The van der Waals surface area contributed by atoms with Gasteiger partial charge in [-0.1, -0.05) is 23.7 Å². The Hall–Kier alpha value is -1.10. The zero-order valence-electron chi connectivity index (χ0n) is 11.4. The molecule has 0 amide bonds. The summed E-state index contributed by atoms with van der Waals surface area (Å²) in [7, 11) is 3.99. The minimum Gasteiger partial charge on any atom is -0.347 e. The molecule has 0 aliphatic rings. The van der Waals surface area contributed by atoms with Gasteiger partial charge in [-0.3, -0.25) is 0 Å². The predicted octanol–water partition coefficient (Wildman–Crippen LogP) is 3.71. The molecule has 0 radical (unpaired) electrons. The zero-order valence-corrected chi connectivity index (χ0v) is 12.9. The van der Waals surface area contributed by atoms with Crippen molar-refractivity contribution in [3.05, 3.63) is 45.9 Å². The molecule has 0 fully saturated rings. The Morgan fingerprint density at radius 1 is 1.47 bits per heavy atom. The highest BCUT2D eigenvalue weighted by atomic mass is 35.5. The minimum atomic E-state index is 0.282. The van der Waals surface area contributed by atoms with E-state index in [1.807, 2.05) is 32.3 Å². The minimum absolute atomic E-state index is 0.282. The van der Waals surface area contributed by atoms with Gasteiger partial charge in [-0.05, 0) is 31.7 Å². The molecule has 0 spiro atoms. The molecule has 0 saturated heterocycles. The second-order valence-corrected chi connectivity index (χ2v) is 5.82. The topological polar surface area (TPSA) is 28.2 Å². The van der Waals surface area contributed by atoms with E-state index in [0.29, 0.717) is 0 Å². The van der Waals surface area contributed by atoms with E-state index >= 15 is 0 Å². The maximum Gasteiger partial charge on any atom is 0.185 e. The number of aromatic nitrogens is 1. The molecule has 5 heteroatoms. The van der Waals surface area contributed by atoms with Gasteiger partial charge in [-0.15, -0.1) is 11.3 Å². The van der Waals surface area contributed by atoms with Gasteiger partial charge >= 0.3 is 0 Å². The van der Waals surface area contributed by atoms with Crippen molar-refractivity contribution in [3.63, 3.8) is 0 Å². The van der Waals surface area contributed by atoms with Gasteiger partial charge in [0.15, 0.2) is 5.13 Å². The van der Waals surface area contributed by atoms with Crippen LogP contribution in [0.4, 0.5) is 5.13 Å². The lowest BCUT2D eigenvalue weighted by Crippen LogP contribution is -2.17. The summed E-state index contributed by atoms with van der Waals surface area (Å²) < 4.78 is 0. The number of thiazole rings is 1. The summed E-state index contributed by atoms with van der Waals surface area (Å²) in [6, 6.07) is 8.21. The molecule has 0 aliphatic carbocycles. The van der Waals surface area contributed by atoms with Crippen molar-refractivity contribution in [3.8, 4) is 0 Å². The Kier molecular flexibility index (Phi) is 4.80. The summed E-state index contributed by atoms with van der Waals surface area (Å²) in [6.45, 7) is 2.91. The Bertz CT molecular complexity index is 541. The Morgan fingerprint density at radius 2 is 2.26 bits per heavy atom. The maximum absolute atomic E-state index is 6.00. The molecule has 3 nitrogen and oxygen atoms in total. The highest BCUT2D eigenvalue weighted by Gasteiger charge is 2.11. The van der Waals surface area contributed by atoms with E-state index in [1.54, 1.807) is 11.3 Å². The van der Waals surface area contributed by atoms with Gasteiger partial charge in [0.2, 0.25) is 0 Å². The Balaban J connectivity index is 2.07. The van der Waals surface area contributed by atoms with Crippen molar-refractivity contribution < 1.29 is 0 Å². The van der Waals surface area contributed by atoms with Gasteiger partial charge in [0.25, 0.3) is 0 Å². The van der Waals surface area contributed by atoms with Crippen molar-refractivity contribution in [2.24, 2.45) is 0 Å². The van der Waals surface area contributed by atoms with Crippen molar-refractivity contribution in [2.45, 2.75) is 19.5 Å². The molecular weight excluding hydrogens is 278 g/mol. The van der Waals surface area contributed by atoms with Gasteiger partial charge in [-0.2, -0.15) is 0 Å². The van der Waals surface area contributed by atoms with E-state index in [1.165, 1.54) is 5.56 Å². The molecule has 0 saturated carbocycles. The third-order valence-corrected chi connectivity index (χ3v) is 4.23. The molecule has 1 N–H and O–H groups in total. The molecule has 19 heavy (non-hydrogen) atoms. The molecule has 0 aliphatic heterocycles. The summed E-state index contributed by atoms with van der Waals surface area (Å²) in [5, 5.41) is 7.10. The summed E-state index contributed by atoms with van der Waals surface area (Å²) in [5.41, 5.74) is 2.27. The molecule has 1 heterocycles. The largest absolute Gasteiger partial charge is 0.347 e. The number of anilines is 1. The average Bonchev–Trinajstić information content (AvgIpc) is 2.87. The highest BCUT2D eigenvalue weighted by molar-refractivity contribution is 7.13. The second kappa shape index (κ2) is 6.37. The summed E-state index contributed by atoms with van der Waals surface area (Å²) in [4.78, 5) is 6.79.